The summed E-state index contributed by atoms with van der Waals surface area (Å²) >= 11 is 0. The van der Waals surface area contributed by atoms with Crippen LogP contribution in [0.2, 0.25) is 0 Å². The third-order valence-corrected chi connectivity index (χ3v) is 3.90. The summed E-state index contributed by atoms with van der Waals surface area (Å²) in [5, 5.41) is 0. The van der Waals surface area contributed by atoms with E-state index in [1.165, 1.54) is 25.9 Å². The Hall–Kier alpha value is -0.600. The number of ether oxygens (including phenoxy) is 1. The first-order valence-electron chi connectivity index (χ1n) is 6.39. The van der Waals surface area contributed by atoms with Crippen molar-refractivity contribution in [3.63, 3.8) is 0 Å². The molecule has 16 heavy (non-hydrogen) atoms. The largest absolute Gasteiger partial charge is 0.380 e. The van der Waals surface area contributed by atoms with Gasteiger partial charge in [0.15, 0.2) is 0 Å². The molecule has 1 aliphatic heterocycles. The van der Waals surface area contributed by atoms with E-state index in [0.717, 1.165) is 12.5 Å². The normalized spacial score (nSPS) is 34.8. The maximum atomic E-state index is 5.39. The van der Waals surface area contributed by atoms with Gasteiger partial charge in [0.25, 0.3) is 0 Å². The molecule has 0 radical (unpaired) electrons. The molecule has 0 aromatic carbocycles. The number of likely N-dealkylation sites (tertiary alicyclic amines) is 1. The summed E-state index contributed by atoms with van der Waals surface area (Å²) in [5.74, 6) is 1.43. The van der Waals surface area contributed by atoms with Crippen molar-refractivity contribution in [3.05, 3.63) is 24.3 Å². The lowest BCUT2D eigenvalue weighted by Crippen LogP contribution is -2.26. The van der Waals surface area contributed by atoms with Crippen molar-refractivity contribution in [1.29, 1.82) is 0 Å². The van der Waals surface area contributed by atoms with Gasteiger partial charge in [0.2, 0.25) is 0 Å². The third-order valence-electron chi connectivity index (χ3n) is 3.90. The Morgan fingerprint density at radius 2 is 2.12 bits per heavy atom. The van der Waals surface area contributed by atoms with Crippen LogP contribution in [0.15, 0.2) is 24.3 Å². The average molecular weight is 221 g/mol. The predicted molar refractivity (Wildman–Crippen MR) is 67.4 cm³/mol. The highest BCUT2D eigenvalue weighted by Crippen LogP contribution is 2.23. The first-order chi connectivity index (χ1) is 7.79. The molecule has 0 spiro atoms. The van der Waals surface area contributed by atoms with Gasteiger partial charge in [0.05, 0.1) is 6.10 Å². The van der Waals surface area contributed by atoms with Gasteiger partial charge in [-0.25, -0.2) is 0 Å². The van der Waals surface area contributed by atoms with Crippen molar-refractivity contribution >= 4 is 0 Å². The summed E-state index contributed by atoms with van der Waals surface area (Å²) in [7, 11) is 1.82. The van der Waals surface area contributed by atoms with Gasteiger partial charge in [-0.05, 0) is 31.2 Å². The number of rotatable bonds is 4. The molecule has 1 fully saturated rings. The van der Waals surface area contributed by atoms with E-state index in [2.05, 4.69) is 36.1 Å². The van der Waals surface area contributed by atoms with Crippen LogP contribution in [0.3, 0.4) is 0 Å². The van der Waals surface area contributed by atoms with Crippen molar-refractivity contribution in [1.82, 2.24) is 4.90 Å². The second-order valence-electron chi connectivity index (χ2n) is 5.03. The van der Waals surface area contributed by atoms with Crippen LogP contribution in [0.5, 0.6) is 0 Å². The fourth-order valence-electron chi connectivity index (χ4n) is 2.65. The van der Waals surface area contributed by atoms with E-state index in [9.17, 15) is 0 Å². The maximum absolute atomic E-state index is 5.39. The van der Waals surface area contributed by atoms with Crippen molar-refractivity contribution in [2.24, 2.45) is 11.8 Å². The first-order valence-corrected chi connectivity index (χ1v) is 6.39. The molecular weight excluding hydrogens is 198 g/mol. The molecule has 3 unspecified atom stereocenters. The fourth-order valence-corrected chi connectivity index (χ4v) is 2.65. The molecule has 2 heteroatoms. The van der Waals surface area contributed by atoms with Gasteiger partial charge < -0.3 is 9.64 Å². The Morgan fingerprint density at radius 3 is 2.81 bits per heavy atom. The minimum atomic E-state index is 0.471. The summed E-state index contributed by atoms with van der Waals surface area (Å²) < 4.78 is 5.39. The van der Waals surface area contributed by atoms with Crippen LogP contribution >= 0.6 is 0 Å². The third kappa shape index (κ3) is 2.96. The lowest BCUT2D eigenvalue weighted by molar-refractivity contribution is 0.107. The monoisotopic (exact) mass is 221 g/mol. The number of allylic oxidation sites excluding steroid dienone is 4. The molecule has 3 atom stereocenters. The van der Waals surface area contributed by atoms with E-state index < -0.39 is 0 Å². The molecule has 2 nitrogen and oxygen atoms in total. The molecule has 0 aromatic heterocycles. The van der Waals surface area contributed by atoms with Crippen LogP contribution in [0.4, 0.5) is 0 Å². The molecule has 0 aromatic rings. The lowest BCUT2D eigenvalue weighted by atomic mass is 9.87. The van der Waals surface area contributed by atoms with Crippen LogP contribution in [-0.2, 0) is 4.74 Å². The summed E-state index contributed by atoms with van der Waals surface area (Å²) in [6.07, 6.45) is 12.0. The Bertz CT molecular complexity index is 272. The summed E-state index contributed by atoms with van der Waals surface area (Å²) in [6.45, 7) is 5.86. The zero-order valence-corrected chi connectivity index (χ0v) is 10.4. The quantitative estimate of drug-likeness (QED) is 0.723. The number of nitrogens with zero attached hydrogens (tertiary/aromatic N) is 1. The minimum absolute atomic E-state index is 0.471. The predicted octanol–water partition coefficient (Wildman–Crippen LogP) is 2.48. The average Bonchev–Trinajstić information content (AvgIpc) is 2.76. The smallest absolute Gasteiger partial charge is 0.0710 e. The second-order valence-corrected chi connectivity index (χ2v) is 5.03. The number of methoxy groups -OCH3 is 1. The van der Waals surface area contributed by atoms with E-state index >= 15 is 0 Å². The summed E-state index contributed by atoms with van der Waals surface area (Å²) in [6, 6.07) is 0. The van der Waals surface area contributed by atoms with E-state index in [-0.39, 0.29) is 0 Å². The van der Waals surface area contributed by atoms with Gasteiger partial charge in [-0.3, -0.25) is 0 Å². The van der Waals surface area contributed by atoms with Crippen LogP contribution < -0.4 is 0 Å². The molecule has 0 amide bonds. The van der Waals surface area contributed by atoms with Crippen LogP contribution in [0.1, 0.15) is 19.8 Å². The Kier molecular flexibility index (Phi) is 4.19. The highest BCUT2D eigenvalue weighted by atomic mass is 16.5. The molecule has 0 bridgehead atoms. The molecule has 1 aliphatic carbocycles. The first kappa shape index (κ1) is 11.9. The fraction of sp³-hybridized carbons (Fsp3) is 0.714. The van der Waals surface area contributed by atoms with Crippen LogP contribution in [0, 0.1) is 11.8 Å². The Labute approximate surface area is 99.0 Å². The zero-order chi connectivity index (χ0) is 11.4. The van der Waals surface area contributed by atoms with Crippen LogP contribution in [0.25, 0.3) is 0 Å². The standard InChI is InChI=1S/C14H23NO/c1-12-5-3-4-6-13(12)7-9-15-10-8-14(11-15)16-2/h3-6,12-14H,7-11H2,1-2H3. The highest BCUT2D eigenvalue weighted by molar-refractivity contribution is 5.13. The van der Waals surface area contributed by atoms with E-state index in [1.54, 1.807) is 0 Å². The lowest BCUT2D eigenvalue weighted by Gasteiger charge is -2.23. The molecule has 90 valence electrons. The van der Waals surface area contributed by atoms with Crippen LogP contribution in [-0.4, -0.2) is 37.7 Å². The molecule has 2 rings (SSSR count). The molecule has 0 N–H and O–H groups in total. The van der Waals surface area contributed by atoms with E-state index in [0.29, 0.717) is 12.0 Å². The molecule has 2 aliphatic rings. The van der Waals surface area contributed by atoms with Gasteiger partial charge in [-0.1, -0.05) is 31.2 Å². The van der Waals surface area contributed by atoms with Crippen molar-refractivity contribution in [3.8, 4) is 0 Å². The van der Waals surface area contributed by atoms with Crippen molar-refractivity contribution < 1.29 is 4.74 Å². The molecule has 0 saturated carbocycles. The van der Waals surface area contributed by atoms with Gasteiger partial charge >= 0.3 is 0 Å². The summed E-state index contributed by atoms with van der Waals surface area (Å²) in [4.78, 5) is 2.53. The Morgan fingerprint density at radius 1 is 1.31 bits per heavy atom. The number of hydrogen-bond acceptors (Lipinski definition) is 2. The van der Waals surface area contributed by atoms with E-state index in [1.807, 2.05) is 7.11 Å². The second kappa shape index (κ2) is 5.65. The maximum Gasteiger partial charge on any atom is 0.0710 e. The van der Waals surface area contributed by atoms with Gasteiger partial charge in [-0.15, -0.1) is 0 Å². The number of hydrogen-bond donors (Lipinski definition) is 0. The summed E-state index contributed by atoms with van der Waals surface area (Å²) in [5.41, 5.74) is 0. The van der Waals surface area contributed by atoms with Gasteiger partial charge in [0.1, 0.15) is 0 Å². The molecular formula is C14H23NO. The molecule has 1 saturated heterocycles. The SMILES string of the molecule is COC1CCN(CCC2C=CC=CC2C)C1. The van der Waals surface area contributed by atoms with E-state index in [4.69, 9.17) is 4.74 Å². The van der Waals surface area contributed by atoms with Crippen molar-refractivity contribution in [2.45, 2.75) is 25.9 Å². The zero-order valence-electron chi connectivity index (χ0n) is 10.4. The van der Waals surface area contributed by atoms with Gasteiger partial charge in [-0.2, -0.15) is 0 Å². The topological polar surface area (TPSA) is 12.5 Å². The minimum Gasteiger partial charge on any atom is -0.380 e. The molecule has 1 heterocycles. The van der Waals surface area contributed by atoms with Gasteiger partial charge in [0, 0.05) is 20.2 Å². The Balaban J connectivity index is 1.72. The highest BCUT2D eigenvalue weighted by Gasteiger charge is 2.23. The van der Waals surface area contributed by atoms with Crippen molar-refractivity contribution in [2.75, 3.05) is 26.7 Å².